The van der Waals surface area contributed by atoms with Crippen molar-refractivity contribution in [2.45, 2.75) is 57.4 Å². The molecule has 0 unspecified atom stereocenters. The van der Waals surface area contributed by atoms with Gasteiger partial charge in [0.1, 0.15) is 0 Å². The molecule has 0 aromatic heterocycles. The number of aliphatic hydroxyl groups is 3. The minimum absolute atomic E-state index is 0.0651. The Bertz CT molecular complexity index is 1830. The van der Waals surface area contributed by atoms with E-state index in [9.17, 15) is 69.2 Å². The molecule has 4 rings (SSSR count). The van der Waals surface area contributed by atoms with Gasteiger partial charge in [-0.3, -0.25) is 29.1 Å². The fourth-order valence-electron chi connectivity index (χ4n) is 6.47. The summed E-state index contributed by atoms with van der Waals surface area (Å²) in [6, 6.07) is 17.9. The molecule has 0 saturated carbocycles. The zero-order valence-electron chi connectivity index (χ0n) is 32.0. The first-order valence-corrected chi connectivity index (χ1v) is 18.6. The van der Waals surface area contributed by atoms with E-state index in [4.69, 9.17) is 0 Å². The zero-order chi connectivity index (χ0) is 44.3. The monoisotopic (exact) mass is 855 g/mol. The molecular weight excluding hydrogens is 813 g/mol. The van der Waals surface area contributed by atoms with Crippen LogP contribution in [0.15, 0.2) is 108 Å². The van der Waals surface area contributed by atoms with Crippen LogP contribution in [0.1, 0.15) is 67.0 Å². The highest BCUT2D eigenvalue weighted by molar-refractivity contribution is 6.06. The molecule has 0 amide bonds. The van der Waals surface area contributed by atoms with Crippen LogP contribution in [0.4, 0.5) is 39.5 Å². The summed E-state index contributed by atoms with van der Waals surface area (Å²) in [4.78, 5) is 43.9. The summed E-state index contributed by atoms with van der Waals surface area (Å²) in [6.45, 7) is 4.00. The molecule has 9 nitrogen and oxygen atoms in total. The summed E-state index contributed by atoms with van der Waals surface area (Å²) in [5.74, 6) is -9.19. The fraction of sp³-hybridized carbons (Fsp3) is 0.357. The summed E-state index contributed by atoms with van der Waals surface area (Å²) in [5.41, 5.74) is 1.64. The highest BCUT2D eigenvalue weighted by atomic mass is 19.4. The van der Waals surface area contributed by atoms with Gasteiger partial charge in [-0.2, -0.15) is 39.5 Å². The Balaban J connectivity index is 1.56. The molecule has 60 heavy (non-hydrogen) atoms. The molecule has 3 aromatic carbocycles. The molecule has 1 aliphatic heterocycles. The average molecular weight is 856 g/mol. The maximum atomic E-state index is 12.9. The lowest BCUT2D eigenvalue weighted by atomic mass is 10.1. The highest BCUT2D eigenvalue weighted by Gasteiger charge is 2.36. The first-order chi connectivity index (χ1) is 28.1. The summed E-state index contributed by atoms with van der Waals surface area (Å²) < 4.78 is 116. The largest absolute Gasteiger partial charge is 0.504 e. The normalized spacial score (nSPS) is 16.9. The minimum Gasteiger partial charge on any atom is -0.504 e. The van der Waals surface area contributed by atoms with Crippen LogP contribution < -0.4 is 0 Å². The number of allylic oxidation sites excluding steroid dienone is 6. The Kier molecular flexibility index (Phi) is 16.3. The van der Waals surface area contributed by atoms with E-state index in [-0.39, 0.29) is 34.9 Å². The van der Waals surface area contributed by atoms with Gasteiger partial charge in [0.15, 0.2) is 17.3 Å². The Morgan fingerprint density at radius 2 is 0.683 bits per heavy atom. The van der Waals surface area contributed by atoms with Crippen molar-refractivity contribution in [2.75, 3.05) is 39.3 Å². The van der Waals surface area contributed by atoms with Gasteiger partial charge in [0, 0.05) is 54.6 Å². The van der Waals surface area contributed by atoms with Crippen LogP contribution in [-0.4, -0.2) is 105 Å². The lowest BCUT2D eigenvalue weighted by molar-refractivity contribution is -0.121. The second kappa shape index (κ2) is 20.7. The van der Waals surface area contributed by atoms with Crippen LogP contribution in [0.2, 0.25) is 0 Å². The molecule has 1 saturated heterocycles. The smallest absolute Gasteiger partial charge is 0.448 e. The number of carbonyl (C=O) groups is 3. The molecule has 0 bridgehead atoms. The maximum Gasteiger partial charge on any atom is 0.448 e. The summed E-state index contributed by atoms with van der Waals surface area (Å²) in [7, 11) is 0. The maximum absolute atomic E-state index is 12.9. The number of benzene rings is 3. The van der Waals surface area contributed by atoms with Crippen molar-refractivity contribution in [3.05, 3.63) is 142 Å². The van der Waals surface area contributed by atoms with Crippen molar-refractivity contribution in [1.82, 2.24) is 14.7 Å². The number of aliphatic hydroxyl groups excluding tert-OH is 3. The van der Waals surface area contributed by atoms with Gasteiger partial charge in [-0.25, -0.2) is 0 Å². The van der Waals surface area contributed by atoms with Crippen molar-refractivity contribution in [3.8, 4) is 0 Å². The minimum atomic E-state index is -5.09. The summed E-state index contributed by atoms with van der Waals surface area (Å²) in [5, 5.41) is 27.9. The number of nitrogens with zero attached hydrogens (tertiary/aromatic N) is 3. The molecular formula is C42H42F9N3O6. The van der Waals surface area contributed by atoms with E-state index in [1.165, 1.54) is 54.6 Å². The molecule has 1 aliphatic rings. The lowest BCUT2D eigenvalue weighted by Gasteiger charge is -2.30. The first-order valence-electron chi connectivity index (χ1n) is 18.6. The molecule has 0 radical (unpaired) electrons. The third kappa shape index (κ3) is 15.0. The molecule has 324 valence electrons. The second-order valence-electron chi connectivity index (χ2n) is 14.2. The van der Waals surface area contributed by atoms with Crippen LogP contribution >= 0.6 is 0 Å². The van der Waals surface area contributed by atoms with E-state index in [0.717, 1.165) is 0 Å². The number of rotatable bonds is 12. The van der Waals surface area contributed by atoms with E-state index in [1.54, 1.807) is 18.2 Å². The van der Waals surface area contributed by atoms with Gasteiger partial charge in [0.25, 0.3) is 0 Å². The molecule has 1 fully saturated rings. The van der Waals surface area contributed by atoms with E-state index in [0.29, 0.717) is 94.9 Å². The Morgan fingerprint density at radius 1 is 0.450 bits per heavy atom. The number of halogens is 9. The third-order valence-corrected chi connectivity index (χ3v) is 9.37. The van der Waals surface area contributed by atoms with Gasteiger partial charge >= 0.3 is 18.5 Å². The number of ketones is 3. The van der Waals surface area contributed by atoms with Gasteiger partial charge < -0.3 is 15.3 Å². The van der Waals surface area contributed by atoms with Crippen LogP contribution in [0, 0.1) is 0 Å². The second-order valence-corrected chi connectivity index (χ2v) is 14.2. The fourth-order valence-corrected chi connectivity index (χ4v) is 6.47. The Labute approximate surface area is 339 Å². The van der Waals surface area contributed by atoms with Gasteiger partial charge in [-0.05, 0) is 93.4 Å². The first kappa shape index (κ1) is 47.2. The molecule has 3 aromatic rings. The Hall–Kier alpha value is -5.46. The number of alkyl halides is 9. The van der Waals surface area contributed by atoms with E-state index in [2.05, 4.69) is 14.7 Å². The zero-order valence-corrected chi connectivity index (χ0v) is 32.0. The van der Waals surface area contributed by atoms with Crippen LogP contribution in [-0.2, 0) is 19.6 Å². The molecule has 18 heteroatoms. The lowest BCUT2D eigenvalue weighted by Crippen LogP contribution is -2.36. The van der Waals surface area contributed by atoms with E-state index < -0.39 is 53.2 Å². The predicted molar refractivity (Wildman–Crippen MR) is 202 cm³/mol. The van der Waals surface area contributed by atoms with Crippen LogP contribution in [0.3, 0.4) is 0 Å². The summed E-state index contributed by atoms with van der Waals surface area (Å²) in [6.07, 6.45) is -13.1. The standard InChI is InChI=1S/C42H42F9N3O6/c43-40(44,45)37(58)22-34(55)31-10-1-7-28(19-31)25-52-13-4-15-53(26-29-8-2-11-32(20-29)35(56)23-38(59)41(46,47)48)17-6-18-54(16-5-14-52)27-30-9-3-12-33(21-30)36(57)24-39(60)42(49,50)51/h1-3,7-12,19-24,58-60H,4-6,13-18,25-27H2. The average Bonchev–Trinajstić information content (AvgIpc) is 3.16. The molecule has 0 spiro atoms. The number of hydrogen-bond donors (Lipinski definition) is 3. The quantitative estimate of drug-likeness (QED) is 0.0709. The van der Waals surface area contributed by atoms with Gasteiger partial charge in [0.2, 0.25) is 17.3 Å². The van der Waals surface area contributed by atoms with Gasteiger partial charge in [-0.15, -0.1) is 0 Å². The Morgan fingerprint density at radius 3 is 0.900 bits per heavy atom. The van der Waals surface area contributed by atoms with E-state index in [1.807, 2.05) is 0 Å². The molecule has 3 N–H and O–H groups in total. The predicted octanol–water partition coefficient (Wildman–Crippen LogP) is 9.24. The van der Waals surface area contributed by atoms with Gasteiger partial charge in [0.05, 0.1) is 0 Å². The molecule has 0 atom stereocenters. The van der Waals surface area contributed by atoms with Gasteiger partial charge in [-0.1, -0.05) is 54.6 Å². The molecule has 0 aliphatic carbocycles. The highest BCUT2D eigenvalue weighted by Crippen LogP contribution is 2.26. The van der Waals surface area contributed by atoms with Crippen molar-refractivity contribution in [2.24, 2.45) is 0 Å². The van der Waals surface area contributed by atoms with E-state index >= 15 is 0 Å². The van der Waals surface area contributed by atoms with Crippen molar-refractivity contribution in [1.29, 1.82) is 0 Å². The van der Waals surface area contributed by atoms with Crippen molar-refractivity contribution < 1.29 is 69.2 Å². The number of hydrogen-bond acceptors (Lipinski definition) is 9. The molecule has 1 heterocycles. The topological polar surface area (TPSA) is 122 Å². The number of carbonyl (C=O) groups excluding carboxylic acids is 3. The summed E-state index contributed by atoms with van der Waals surface area (Å²) >= 11 is 0. The van der Waals surface area contributed by atoms with Crippen molar-refractivity contribution in [3.63, 3.8) is 0 Å². The van der Waals surface area contributed by atoms with Crippen LogP contribution in [0.25, 0.3) is 0 Å². The van der Waals surface area contributed by atoms with Crippen LogP contribution in [0.5, 0.6) is 0 Å². The third-order valence-electron chi connectivity index (χ3n) is 9.37. The van der Waals surface area contributed by atoms with Crippen molar-refractivity contribution >= 4 is 17.3 Å². The SMILES string of the molecule is O=C(C=C(O)C(F)(F)F)c1cccc(CN2CCCN(Cc3cccc(C(=O)C=C(O)C(F)(F)F)c3)CCCN(Cc3cccc(C(=O)C=C(O)C(F)(F)F)c3)CCC2)c1.